The van der Waals surface area contributed by atoms with Gasteiger partial charge in [-0.25, -0.2) is 4.79 Å². The van der Waals surface area contributed by atoms with E-state index in [0.29, 0.717) is 10.6 Å². The van der Waals surface area contributed by atoms with Crippen molar-refractivity contribution in [3.8, 4) is 0 Å². The summed E-state index contributed by atoms with van der Waals surface area (Å²) in [6.45, 7) is 1.37. The van der Waals surface area contributed by atoms with Gasteiger partial charge in [0.05, 0.1) is 4.91 Å². The zero-order chi connectivity index (χ0) is 26.8. The van der Waals surface area contributed by atoms with Crippen molar-refractivity contribution in [1.82, 2.24) is 4.90 Å². The number of carbonyl (C=O) groups excluding carboxylic acids is 3. The van der Waals surface area contributed by atoms with Crippen LogP contribution in [0.4, 0.5) is 5.69 Å². The third-order valence-electron chi connectivity index (χ3n) is 6.58. The number of fused-ring (bicyclic) bond motifs is 1. The highest BCUT2D eigenvalue weighted by Gasteiger charge is 2.63. The first-order chi connectivity index (χ1) is 18.4. The molecule has 3 aromatic rings. The number of β-lactam (4-membered cyclic amide) rings is 1. The summed E-state index contributed by atoms with van der Waals surface area (Å²) in [5, 5.41) is -0.850. The van der Waals surface area contributed by atoms with Gasteiger partial charge in [0.25, 0.3) is 5.91 Å². The lowest BCUT2D eigenvalue weighted by Gasteiger charge is -2.52. The van der Waals surface area contributed by atoms with Crippen molar-refractivity contribution >= 4 is 46.4 Å². The van der Waals surface area contributed by atoms with E-state index in [1.54, 1.807) is 30.5 Å². The molecule has 2 heterocycles. The second-order valence-electron chi connectivity index (χ2n) is 8.88. The fourth-order valence-corrected chi connectivity index (χ4v) is 7.58. The molecular formula is C29H26N2O5S2. The number of esters is 1. The molecule has 7 nitrogen and oxygen atoms in total. The van der Waals surface area contributed by atoms with E-state index < -0.39 is 40.6 Å². The Morgan fingerprint density at radius 2 is 1.50 bits per heavy atom. The number of nitrogens with zero attached hydrogens (tertiary/aromatic N) is 2. The highest BCUT2D eigenvalue weighted by Crippen LogP contribution is 2.43. The molecule has 1 fully saturated rings. The van der Waals surface area contributed by atoms with Gasteiger partial charge in [0.15, 0.2) is 12.1 Å². The summed E-state index contributed by atoms with van der Waals surface area (Å²) in [6.07, 6.45) is 1.08. The van der Waals surface area contributed by atoms with Crippen molar-refractivity contribution in [2.75, 3.05) is 16.9 Å². The number of hydrogen-bond acceptors (Lipinski definition) is 6. The van der Waals surface area contributed by atoms with Gasteiger partial charge in [-0.05, 0) is 40.7 Å². The Kier molecular flexibility index (Phi) is 7.60. The molecule has 2 aliphatic rings. The number of anilines is 1. The van der Waals surface area contributed by atoms with Crippen LogP contribution in [0, 0.1) is 0 Å². The number of ether oxygens (including phenoxy) is 1. The van der Waals surface area contributed by atoms with Gasteiger partial charge in [-0.2, -0.15) is 0 Å². The quantitative estimate of drug-likeness (QED) is 0.250. The van der Waals surface area contributed by atoms with Crippen LogP contribution in [-0.4, -0.2) is 50.7 Å². The largest absolute Gasteiger partial charge is 0.614 e. The summed E-state index contributed by atoms with van der Waals surface area (Å²) >= 11 is -0.247. The van der Waals surface area contributed by atoms with Gasteiger partial charge in [-0.3, -0.25) is 19.4 Å². The molecule has 2 aliphatic heterocycles. The maximum Gasteiger partial charge on any atom is 0.357 e. The molecule has 0 aromatic heterocycles. The topological polar surface area (TPSA) is 90.0 Å². The molecule has 38 heavy (non-hydrogen) atoms. The van der Waals surface area contributed by atoms with Gasteiger partial charge in [0.1, 0.15) is 11.4 Å². The van der Waals surface area contributed by atoms with E-state index in [-0.39, 0.29) is 17.4 Å². The van der Waals surface area contributed by atoms with Gasteiger partial charge in [0, 0.05) is 12.6 Å². The van der Waals surface area contributed by atoms with Crippen LogP contribution >= 0.6 is 11.8 Å². The molecule has 0 bridgehead atoms. The third kappa shape index (κ3) is 4.73. The van der Waals surface area contributed by atoms with Gasteiger partial charge in [-0.15, -0.1) is 11.8 Å². The Morgan fingerprint density at radius 1 is 0.974 bits per heavy atom. The standard InChI is InChI=1S/C29H26N2O5S2/c1-19(32)30(22-16-10-5-11-17-22)25-27(33)31-24(23(37-2)18-38(35)28(25)31)29(34)36-26(20-12-6-3-7-13-20)21-14-8-4-9-15-21/h3-17,25-26,28H,18H2,1-2H3/t25?,28-,38?/m0/s1. The molecule has 3 atom stereocenters. The van der Waals surface area contributed by atoms with Gasteiger partial charge >= 0.3 is 5.97 Å². The number of para-hydroxylation sites is 1. The molecule has 1 saturated heterocycles. The smallest absolute Gasteiger partial charge is 0.357 e. The second-order valence-corrected chi connectivity index (χ2v) is 11.3. The molecule has 9 heteroatoms. The minimum atomic E-state index is -1.52. The Labute approximate surface area is 228 Å². The van der Waals surface area contributed by atoms with E-state index in [0.717, 1.165) is 11.1 Å². The predicted molar refractivity (Wildman–Crippen MR) is 148 cm³/mol. The van der Waals surface area contributed by atoms with Crippen molar-refractivity contribution in [2.24, 2.45) is 0 Å². The van der Waals surface area contributed by atoms with Crippen molar-refractivity contribution in [3.63, 3.8) is 0 Å². The zero-order valence-corrected chi connectivity index (χ0v) is 22.5. The molecule has 2 amide bonds. The normalized spacial score (nSPS) is 20.6. The van der Waals surface area contributed by atoms with Crippen molar-refractivity contribution in [3.05, 3.63) is 113 Å². The van der Waals surface area contributed by atoms with Crippen LogP contribution in [0.15, 0.2) is 102 Å². The summed E-state index contributed by atoms with van der Waals surface area (Å²) in [5.74, 6) is -1.38. The molecule has 0 radical (unpaired) electrons. The van der Waals surface area contributed by atoms with E-state index >= 15 is 0 Å². The Balaban J connectivity index is 1.49. The minimum absolute atomic E-state index is 0.0942. The Morgan fingerprint density at radius 3 is 2.00 bits per heavy atom. The van der Waals surface area contributed by atoms with Crippen LogP contribution in [0.25, 0.3) is 0 Å². The SMILES string of the molecule is CSC1=C(C(=O)OC(c2ccccc2)c2ccccc2)N2C(=O)C(N(C(C)=O)c3ccccc3)[C@@H]2[S+]([O-])C1. The average molecular weight is 547 g/mol. The first kappa shape index (κ1) is 26.1. The third-order valence-corrected chi connectivity index (χ3v) is 9.18. The van der Waals surface area contributed by atoms with E-state index in [1.807, 2.05) is 66.7 Å². The Hall–Kier alpha value is -3.53. The van der Waals surface area contributed by atoms with E-state index in [2.05, 4.69) is 0 Å². The summed E-state index contributed by atoms with van der Waals surface area (Å²) < 4.78 is 19.4. The lowest BCUT2D eigenvalue weighted by molar-refractivity contribution is -0.153. The predicted octanol–water partition coefficient (Wildman–Crippen LogP) is 4.25. The van der Waals surface area contributed by atoms with Crippen LogP contribution in [0.1, 0.15) is 24.2 Å². The molecule has 194 valence electrons. The Bertz CT molecular complexity index is 1330. The number of thioether (sulfide) groups is 1. The van der Waals surface area contributed by atoms with Gasteiger partial charge in [0.2, 0.25) is 11.3 Å². The van der Waals surface area contributed by atoms with Crippen LogP contribution < -0.4 is 4.90 Å². The number of rotatable bonds is 7. The molecular weight excluding hydrogens is 520 g/mol. The number of hydrogen-bond donors (Lipinski definition) is 0. The lowest BCUT2D eigenvalue weighted by Crippen LogP contribution is -2.75. The summed E-state index contributed by atoms with van der Waals surface area (Å²) in [4.78, 5) is 43.2. The van der Waals surface area contributed by atoms with E-state index in [4.69, 9.17) is 4.74 Å². The summed E-state index contributed by atoms with van der Waals surface area (Å²) in [6, 6.07) is 26.6. The summed E-state index contributed by atoms with van der Waals surface area (Å²) in [5.41, 5.74) is 2.20. The van der Waals surface area contributed by atoms with Crippen LogP contribution in [0.2, 0.25) is 0 Å². The van der Waals surface area contributed by atoms with Crippen molar-refractivity contribution < 1.29 is 23.7 Å². The zero-order valence-electron chi connectivity index (χ0n) is 20.9. The van der Waals surface area contributed by atoms with Gasteiger partial charge < -0.3 is 9.29 Å². The fraction of sp³-hybridized carbons (Fsp3) is 0.207. The average Bonchev–Trinajstić information content (AvgIpc) is 2.95. The maximum atomic E-state index is 13.8. The number of benzene rings is 3. The lowest BCUT2D eigenvalue weighted by atomic mass is 10.0. The second kappa shape index (κ2) is 11.1. The molecule has 2 unspecified atom stereocenters. The van der Waals surface area contributed by atoms with E-state index in [9.17, 15) is 18.9 Å². The van der Waals surface area contributed by atoms with Crippen LogP contribution in [0.5, 0.6) is 0 Å². The molecule has 0 spiro atoms. The highest BCUT2D eigenvalue weighted by molar-refractivity contribution is 8.04. The number of carbonyl (C=O) groups is 3. The fourth-order valence-electron chi connectivity index (χ4n) is 4.84. The highest BCUT2D eigenvalue weighted by atomic mass is 32.2. The molecule has 3 aromatic carbocycles. The molecule has 0 N–H and O–H groups in total. The molecule has 5 rings (SSSR count). The van der Waals surface area contributed by atoms with E-state index in [1.165, 1.54) is 28.5 Å². The monoisotopic (exact) mass is 546 g/mol. The first-order valence-corrected chi connectivity index (χ1v) is 14.7. The maximum absolute atomic E-state index is 13.8. The minimum Gasteiger partial charge on any atom is -0.614 e. The van der Waals surface area contributed by atoms with Crippen molar-refractivity contribution in [1.29, 1.82) is 0 Å². The molecule has 0 saturated carbocycles. The summed E-state index contributed by atoms with van der Waals surface area (Å²) in [7, 11) is 0. The van der Waals surface area contributed by atoms with Crippen molar-refractivity contribution in [2.45, 2.75) is 24.4 Å². The first-order valence-electron chi connectivity index (χ1n) is 12.1. The van der Waals surface area contributed by atoms with Crippen LogP contribution in [0.3, 0.4) is 0 Å². The molecule has 0 aliphatic carbocycles. The number of amides is 2. The van der Waals surface area contributed by atoms with Crippen LogP contribution in [-0.2, 0) is 30.3 Å². The van der Waals surface area contributed by atoms with Gasteiger partial charge in [-0.1, -0.05) is 78.9 Å².